The first-order chi connectivity index (χ1) is 9.24. The Morgan fingerprint density at radius 2 is 2.21 bits per heavy atom. The summed E-state index contributed by atoms with van der Waals surface area (Å²) in [5.41, 5.74) is 0.918. The van der Waals surface area contributed by atoms with Gasteiger partial charge in [-0.15, -0.1) is 11.3 Å². The summed E-state index contributed by atoms with van der Waals surface area (Å²) in [6.45, 7) is 0.652. The number of carbonyl (C=O) groups is 1. The molecule has 1 aromatic carbocycles. The number of benzene rings is 1. The van der Waals surface area contributed by atoms with Gasteiger partial charge in [0.15, 0.2) is 0 Å². The van der Waals surface area contributed by atoms with Crippen molar-refractivity contribution in [2.75, 3.05) is 6.54 Å². The summed E-state index contributed by atoms with van der Waals surface area (Å²) < 4.78 is 0. The van der Waals surface area contributed by atoms with Gasteiger partial charge in [-0.2, -0.15) is 0 Å². The Hall–Kier alpha value is -1.58. The Morgan fingerprint density at radius 3 is 2.95 bits per heavy atom. The highest BCUT2D eigenvalue weighted by Crippen LogP contribution is 2.11. The van der Waals surface area contributed by atoms with Crippen molar-refractivity contribution in [2.24, 2.45) is 0 Å². The molecule has 0 aliphatic rings. The van der Waals surface area contributed by atoms with Gasteiger partial charge in [0, 0.05) is 22.5 Å². The van der Waals surface area contributed by atoms with Crippen molar-refractivity contribution in [1.29, 1.82) is 0 Å². The smallest absolute Gasteiger partial charge is 0.244 e. The number of hydrogen-bond acceptors (Lipinski definition) is 2. The third-order valence-corrected chi connectivity index (χ3v) is 3.70. The van der Waals surface area contributed by atoms with Crippen LogP contribution < -0.4 is 5.32 Å². The van der Waals surface area contributed by atoms with Crippen LogP contribution in [0.2, 0.25) is 5.02 Å². The molecule has 0 aliphatic carbocycles. The minimum absolute atomic E-state index is 0.0865. The monoisotopic (exact) mass is 291 g/mol. The molecule has 0 atom stereocenters. The number of halogens is 1. The molecule has 0 unspecified atom stereocenters. The molecule has 1 heterocycles. The number of thiophene rings is 1. The number of amides is 1. The van der Waals surface area contributed by atoms with Gasteiger partial charge in [-0.1, -0.05) is 29.8 Å². The molecule has 0 saturated carbocycles. The van der Waals surface area contributed by atoms with E-state index in [1.807, 2.05) is 29.6 Å². The first-order valence-corrected chi connectivity index (χ1v) is 7.24. The molecule has 1 aromatic heterocycles. The van der Waals surface area contributed by atoms with Crippen molar-refractivity contribution >= 4 is 34.9 Å². The lowest BCUT2D eigenvalue weighted by Crippen LogP contribution is -2.23. The minimum Gasteiger partial charge on any atom is -0.352 e. The second kappa shape index (κ2) is 7.12. The lowest BCUT2D eigenvalue weighted by molar-refractivity contribution is -0.116. The third kappa shape index (κ3) is 4.89. The van der Waals surface area contributed by atoms with Crippen LogP contribution in [0, 0.1) is 0 Å². The summed E-state index contributed by atoms with van der Waals surface area (Å²) in [4.78, 5) is 12.9. The van der Waals surface area contributed by atoms with E-state index in [0.717, 1.165) is 12.0 Å². The van der Waals surface area contributed by atoms with Crippen LogP contribution in [0.1, 0.15) is 10.4 Å². The van der Waals surface area contributed by atoms with Crippen LogP contribution >= 0.6 is 22.9 Å². The van der Waals surface area contributed by atoms with Crippen LogP contribution in [-0.2, 0) is 11.2 Å². The van der Waals surface area contributed by atoms with Crippen LogP contribution in [0.4, 0.5) is 0 Å². The first kappa shape index (κ1) is 13.8. The molecule has 2 nitrogen and oxygen atoms in total. The molecule has 0 spiro atoms. The van der Waals surface area contributed by atoms with Crippen LogP contribution in [-0.4, -0.2) is 12.5 Å². The van der Waals surface area contributed by atoms with Gasteiger partial charge in [-0.05, 0) is 41.6 Å². The third-order valence-electron chi connectivity index (χ3n) is 2.53. The van der Waals surface area contributed by atoms with Crippen molar-refractivity contribution in [3.05, 3.63) is 63.3 Å². The Balaban J connectivity index is 1.78. The van der Waals surface area contributed by atoms with E-state index in [0.29, 0.717) is 11.6 Å². The molecule has 1 amide bonds. The summed E-state index contributed by atoms with van der Waals surface area (Å²) in [6.07, 6.45) is 4.15. The van der Waals surface area contributed by atoms with Gasteiger partial charge < -0.3 is 5.32 Å². The zero-order valence-corrected chi connectivity index (χ0v) is 11.9. The molecule has 0 saturated heterocycles. The van der Waals surface area contributed by atoms with Crippen LogP contribution in [0.15, 0.2) is 47.9 Å². The Bertz CT molecular complexity index is 563. The van der Waals surface area contributed by atoms with E-state index in [2.05, 4.69) is 11.4 Å². The maximum atomic E-state index is 11.6. The highest BCUT2D eigenvalue weighted by molar-refractivity contribution is 7.09. The molecule has 1 N–H and O–H groups in total. The van der Waals surface area contributed by atoms with E-state index in [1.54, 1.807) is 23.5 Å². The second-order valence-corrected chi connectivity index (χ2v) is 5.48. The molecule has 2 aromatic rings. The lowest BCUT2D eigenvalue weighted by Gasteiger charge is -2.00. The van der Waals surface area contributed by atoms with Crippen molar-refractivity contribution in [2.45, 2.75) is 6.42 Å². The zero-order chi connectivity index (χ0) is 13.5. The van der Waals surface area contributed by atoms with Gasteiger partial charge in [-0.3, -0.25) is 4.79 Å². The molecular formula is C15H14ClNOS. The molecular weight excluding hydrogens is 278 g/mol. The fraction of sp³-hybridized carbons (Fsp3) is 0.133. The predicted octanol–water partition coefficient (Wildman–Crippen LogP) is 3.77. The summed E-state index contributed by atoms with van der Waals surface area (Å²) in [5, 5.41) is 5.56. The van der Waals surface area contributed by atoms with Gasteiger partial charge >= 0.3 is 0 Å². The molecule has 0 radical (unpaired) electrons. The maximum absolute atomic E-state index is 11.6. The van der Waals surface area contributed by atoms with Crippen LogP contribution in [0.5, 0.6) is 0 Å². The standard InChI is InChI=1S/C15H14ClNOS/c16-13-4-1-3-12(11-13)6-7-15(18)17-9-8-14-5-2-10-19-14/h1-7,10-11H,8-9H2,(H,17,18)/b7-6+. The van der Waals surface area contributed by atoms with Crippen molar-refractivity contribution in [1.82, 2.24) is 5.32 Å². The number of rotatable bonds is 5. The number of carbonyl (C=O) groups excluding carboxylic acids is 1. The van der Waals surface area contributed by atoms with Gasteiger partial charge in [0.05, 0.1) is 0 Å². The normalized spacial score (nSPS) is 10.8. The van der Waals surface area contributed by atoms with Crippen LogP contribution in [0.3, 0.4) is 0 Å². The molecule has 0 bridgehead atoms. The number of hydrogen-bond donors (Lipinski definition) is 1. The Morgan fingerprint density at radius 1 is 1.32 bits per heavy atom. The Labute approximate surface area is 121 Å². The fourth-order valence-electron chi connectivity index (χ4n) is 1.60. The van der Waals surface area contributed by atoms with E-state index in [4.69, 9.17) is 11.6 Å². The highest BCUT2D eigenvalue weighted by Gasteiger charge is 1.97. The fourth-order valence-corrected chi connectivity index (χ4v) is 2.51. The zero-order valence-electron chi connectivity index (χ0n) is 10.3. The lowest BCUT2D eigenvalue weighted by atomic mass is 10.2. The minimum atomic E-state index is -0.0865. The maximum Gasteiger partial charge on any atom is 0.244 e. The number of nitrogens with one attached hydrogen (secondary N) is 1. The average molecular weight is 292 g/mol. The summed E-state index contributed by atoms with van der Waals surface area (Å²) in [5.74, 6) is -0.0865. The van der Waals surface area contributed by atoms with Crippen molar-refractivity contribution < 1.29 is 4.79 Å². The average Bonchev–Trinajstić information content (AvgIpc) is 2.90. The SMILES string of the molecule is O=C(/C=C/c1cccc(Cl)c1)NCCc1cccs1. The molecule has 2 rings (SSSR count). The molecule has 98 valence electrons. The first-order valence-electron chi connectivity index (χ1n) is 5.98. The summed E-state index contributed by atoms with van der Waals surface area (Å²) in [7, 11) is 0. The second-order valence-electron chi connectivity index (χ2n) is 4.01. The van der Waals surface area contributed by atoms with E-state index in [-0.39, 0.29) is 5.91 Å². The van der Waals surface area contributed by atoms with Gasteiger partial charge in [0.2, 0.25) is 5.91 Å². The van der Waals surface area contributed by atoms with E-state index in [9.17, 15) is 4.79 Å². The summed E-state index contributed by atoms with van der Waals surface area (Å²) in [6, 6.07) is 11.5. The molecule has 0 fully saturated rings. The molecule has 4 heteroatoms. The van der Waals surface area contributed by atoms with Gasteiger partial charge in [0.1, 0.15) is 0 Å². The highest BCUT2D eigenvalue weighted by atomic mass is 35.5. The van der Waals surface area contributed by atoms with Crippen LogP contribution in [0.25, 0.3) is 6.08 Å². The summed E-state index contributed by atoms with van der Waals surface area (Å²) >= 11 is 7.57. The predicted molar refractivity (Wildman–Crippen MR) is 81.5 cm³/mol. The largest absolute Gasteiger partial charge is 0.352 e. The quantitative estimate of drug-likeness (QED) is 0.835. The molecule has 0 aliphatic heterocycles. The van der Waals surface area contributed by atoms with E-state index >= 15 is 0 Å². The van der Waals surface area contributed by atoms with Crippen molar-refractivity contribution in [3.8, 4) is 0 Å². The Kier molecular flexibility index (Phi) is 5.19. The van der Waals surface area contributed by atoms with E-state index < -0.39 is 0 Å². The van der Waals surface area contributed by atoms with Crippen molar-refractivity contribution in [3.63, 3.8) is 0 Å². The van der Waals surface area contributed by atoms with Gasteiger partial charge in [0.25, 0.3) is 0 Å². The van der Waals surface area contributed by atoms with Gasteiger partial charge in [-0.25, -0.2) is 0 Å². The topological polar surface area (TPSA) is 29.1 Å². The van der Waals surface area contributed by atoms with E-state index in [1.165, 1.54) is 11.0 Å². The molecule has 19 heavy (non-hydrogen) atoms.